The van der Waals surface area contributed by atoms with Crippen LogP contribution >= 0.6 is 47.8 Å². The molecule has 3 heterocycles. The number of hydrogen-bond acceptors (Lipinski definition) is 6. The van der Waals surface area contributed by atoms with Gasteiger partial charge in [0.15, 0.2) is 34.2 Å². The third-order valence-corrected chi connectivity index (χ3v) is 6.82. The van der Waals surface area contributed by atoms with Gasteiger partial charge in [0.25, 0.3) is 0 Å². The van der Waals surface area contributed by atoms with Crippen molar-refractivity contribution in [2.24, 2.45) is 0 Å². The molecule has 0 amide bonds. The maximum absolute atomic E-state index is 13.6. The first-order valence-corrected chi connectivity index (χ1v) is 12.5. The van der Waals surface area contributed by atoms with Crippen LogP contribution in [0.1, 0.15) is 34.2 Å². The molecule has 1 radical (unpaired) electrons. The first kappa shape index (κ1) is 41.2. The monoisotopic (exact) mass is 1010 g/mol. The Morgan fingerprint density at radius 3 is 0.745 bits per heavy atom. The van der Waals surface area contributed by atoms with E-state index in [2.05, 4.69) is 29.6 Å². The molecule has 0 N–H and O–H groups in total. The largest absolute Gasteiger partial charge is 0.929 e. The number of aromatic nitrogens is 6. The molecule has 3 aromatic rings. The van der Waals surface area contributed by atoms with Crippen LogP contribution in [0.3, 0.4) is 0 Å². The minimum atomic E-state index is -6.00. The van der Waals surface area contributed by atoms with Gasteiger partial charge in [0, 0.05) is 22.4 Å². The van der Waals surface area contributed by atoms with Gasteiger partial charge in [0.1, 0.15) is 0 Å². The standard InChI is InChI=1S/C15BBr3F18N6O3.Ag/c17-1-4(10(20,21)22)38-41(7(1)13(29,30)31)44-16(45-42-8(14(32,33)34)2(18)5(39-42)11(23,24)25)46-43-9(15(35,36)37)3(19)6(40-43)12(26,27)28;. The Labute approximate surface area is 284 Å². The minimum Gasteiger partial charge on any atom is -0.379 e. The van der Waals surface area contributed by atoms with Crippen molar-refractivity contribution in [3.05, 3.63) is 47.6 Å². The van der Waals surface area contributed by atoms with Crippen LogP contribution in [0.15, 0.2) is 13.4 Å². The molecule has 32 heteroatoms. The fraction of sp³-hybridized carbons (Fsp3) is 0.400. The van der Waals surface area contributed by atoms with Crippen LogP contribution in [-0.2, 0) is 59.4 Å². The van der Waals surface area contributed by atoms with Gasteiger partial charge in [-0.15, -0.1) is 29.8 Å². The molecule has 9 nitrogen and oxygen atoms in total. The molecule has 269 valence electrons. The summed E-state index contributed by atoms with van der Waals surface area (Å²) in [7, 11) is -3.96. The van der Waals surface area contributed by atoms with E-state index >= 15 is 0 Å². The summed E-state index contributed by atoms with van der Waals surface area (Å²) in [5, 5.41) is 6.89. The molecule has 0 atom stereocenters. The molecule has 0 fully saturated rings. The molecular weight excluding hydrogens is 1010 g/mol. The van der Waals surface area contributed by atoms with Crippen molar-refractivity contribution < 1.29 is 116 Å². The average molecular weight is 1010 g/mol. The third kappa shape index (κ3) is 8.79. The van der Waals surface area contributed by atoms with E-state index in [0.717, 1.165) is 0 Å². The second-order valence-electron chi connectivity index (χ2n) is 7.74. The summed E-state index contributed by atoms with van der Waals surface area (Å²) < 4.78 is 248. The fourth-order valence-corrected chi connectivity index (χ4v) is 4.96. The zero-order valence-electron chi connectivity index (χ0n) is 20.2. The summed E-state index contributed by atoms with van der Waals surface area (Å²) in [6, 6.07) is 0. The molecule has 0 aromatic carbocycles. The van der Waals surface area contributed by atoms with E-state index in [1.54, 1.807) is 0 Å². The summed E-state index contributed by atoms with van der Waals surface area (Å²) in [6.07, 6.45) is -35.4. The first-order chi connectivity index (χ1) is 20.4. The zero-order chi connectivity index (χ0) is 35.7. The van der Waals surface area contributed by atoms with Crippen molar-refractivity contribution in [3.63, 3.8) is 0 Å². The van der Waals surface area contributed by atoms with E-state index in [1.165, 1.54) is 0 Å². The van der Waals surface area contributed by atoms with Crippen LogP contribution in [0, 0.1) is 0 Å². The normalized spacial score (nSPS) is 13.5. The first-order valence-electron chi connectivity index (χ1n) is 10.2. The molecule has 0 saturated carbocycles. The Balaban J connectivity index is 0.00000768. The van der Waals surface area contributed by atoms with Crippen LogP contribution in [0.25, 0.3) is 0 Å². The molecule has 0 bridgehead atoms. The van der Waals surface area contributed by atoms with Crippen molar-refractivity contribution >= 4 is 55.1 Å². The molecule has 0 unspecified atom stereocenters. The number of halogens is 21. The molecular formula is C15AgBBr3F18N6O3. The molecule has 0 aliphatic heterocycles. The Morgan fingerprint density at radius 1 is 0.404 bits per heavy atom. The van der Waals surface area contributed by atoms with E-state index in [4.69, 9.17) is 0 Å². The van der Waals surface area contributed by atoms with Crippen LogP contribution in [0.2, 0.25) is 0 Å². The van der Waals surface area contributed by atoms with Crippen molar-refractivity contribution in [1.29, 1.82) is 0 Å². The third-order valence-electron chi connectivity index (χ3n) is 4.56. The Kier molecular flexibility index (Phi) is 11.4. The molecule has 0 aliphatic rings. The van der Waals surface area contributed by atoms with Crippen molar-refractivity contribution in [2.75, 3.05) is 0 Å². The molecule has 0 saturated heterocycles. The minimum absolute atomic E-state index is 0. The predicted molar refractivity (Wildman–Crippen MR) is 115 cm³/mol. The summed E-state index contributed by atoms with van der Waals surface area (Å²) in [6.45, 7) is 0. The zero-order valence-corrected chi connectivity index (χ0v) is 26.5. The Hall–Kier alpha value is -1.98. The predicted octanol–water partition coefficient (Wildman–Crippen LogP) is 7.35. The molecule has 47 heavy (non-hydrogen) atoms. The SMILES string of the molecule is FC(F)(F)c1nn(OB(On2nc(C(F)(F)F)c(Br)c2C(F)(F)F)On2nc(C(F)(F)F)c(Br)c2C(F)(F)F)c(C(F)(F)F)c1Br.[Ag]. The number of hydrogen-bond donors (Lipinski definition) is 0. The van der Waals surface area contributed by atoms with Gasteiger partial charge in [-0.2, -0.15) is 79.0 Å². The maximum Gasteiger partial charge on any atom is 0.929 e. The van der Waals surface area contributed by atoms with Crippen molar-refractivity contribution in [2.45, 2.75) is 37.1 Å². The van der Waals surface area contributed by atoms with Gasteiger partial charge in [-0.3, -0.25) is 0 Å². The molecule has 3 rings (SSSR count). The van der Waals surface area contributed by atoms with E-state index < -0.39 is 106 Å². The van der Waals surface area contributed by atoms with Gasteiger partial charge in [-0.05, 0) is 47.8 Å². The summed E-state index contributed by atoms with van der Waals surface area (Å²) >= 11 is 5.59. The second-order valence-corrected chi connectivity index (χ2v) is 10.1. The van der Waals surface area contributed by atoms with Crippen LogP contribution in [0.4, 0.5) is 79.0 Å². The fourth-order valence-electron chi connectivity index (χ4n) is 2.92. The van der Waals surface area contributed by atoms with Gasteiger partial charge in [0.2, 0.25) is 0 Å². The van der Waals surface area contributed by atoms with Gasteiger partial charge in [-0.1, -0.05) is 0 Å². The maximum atomic E-state index is 13.6. The topological polar surface area (TPSA) is 81.1 Å². The summed E-state index contributed by atoms with van der Waals surface area (Å²) in [5.74, 6) is 0. The smallest absolute Gasteiger partial charge is 0.379 e. The second kappa shape index (κ2) is 13.0. The molecule has 3 aromatic heterocycles. The quantitative estimate of drug-likeness (QED) is 0.190. The summed E-state index contributed by atoms with van der Waals surface area (Å²) in [4.78, 5) is -3.99. The van der Waals surface area contributed by atoms with Gasteiger partial charge < -0.3 is 14.3 Å². The van der Waals surface area contributed by atoms with Crippen LogP contribution < -0.4 is 14.3 Å². The van der Waals surface area contributed by atoms with E-state index in [1.807, 2.05) is 47.8 Å². The summed E-state index contributed by atoms with van der Waals surface area (Å²) in [5.41, 5.74) is -15.6. The van der Waals surface area contributed by atoms with Crippen LogP contribution in [0.5, 0.6) is 0 Å². The molecule has 0 spiro atoms. The van der Waals surface area contributed by atoms with E-state index in [-0.39, 0.29) is 22.4 Å². The van der Waals surface area contributed by atoms with Gasteiger partial charge in [-0.25, -0.2) is 0 Å². The molecule has 0 aliphatic carbocycles. The Morgan fingerprint density at radius 2 is 0.596 bits per heavy atom. The number of nitrogens with zero attached hydrogens (tertiary/aromatic N) is 6. The van der Waals surface area contributed by atoms with Crippen LogP contribution in [-0.4, -0.2) is 37.2 Å². The van der Waals surface area contributed by atoms with Crippen molar-refractivity contribution in [3.8, 4) is 0 Å². The van der Waals surface area contributed by atoms with E-state index in [9.17, 15) is 79.0 Å². The van der Waals surface area contributed by atoms with Gasteiger partial charge >= 0.3 is 44.4 Å². The Bertz CT molecular complexity index is 1420. The average Bonchev–Trinajstić information content (AvgIpc) is 3.42. The van der Waals surface area contributed by atoms with Gasteiger partial charge in [0.05, 0.1) is 13.4 Å². The number of rotatable bonds is 6. The number of alkyl halides is 18. The van der Waals surface area contributed by atoms with E-state index in [0.29, 0.717) is 0 Å². The van der Waals surface area contributed by atoms with Crippen molar-refractivity contribution in [1.82, 2.24) is 29.8 Å².